The first-order valence-corrected chi connectivity index (χ1v) is 6.67. The normalized spacial score (nSPS) is 31.1. The van der Waals surface area contributed by atoms with Crippen LogP contribution in [0, 0.1) is 11.8 Å². The van der Waals surface area contributed by atoms with Crippen molar-refractivity contribution in [1.82, 2.24) is 15.3 Å². The van der Waals surface area contributed by atoms with Crippen molar-refractivity contribution >= 4 is 0 Å². The van der Waals surface area contributed by atoms with E-state index in [-0.39, 0.29) is 0 Å². The highest BCUT2D eigenvalue weighted by molar-refractivity contribution is 5.01. The van der Waals surface area contributed by atoms with Gasteiger partial charge < -0.3 is 5.32 Å². The largest absolute Gasteiger partial charge is 0.306 e. The second kappa shape index (κ2) is 5.58. The van der Waals surface area contributed by atoms with Gasteiger partial charge >= 0.3 is 0 Å². The van der Waals surface area contributed by atoms with Crippen LogP contribution in [0.4, 0.5) is 0 Å². The Balaban J connectivity index is 1.92. The van der Waals surface area contributed by atoms with E-state index in [1.54, 1.807) is 12.4 Å². The smallest absolute Gasteiger partial charge is 0.0753 e. The van der Waals surface area contributed by atoms with Gasteiger partial charge in [-0.1, -0.05) is 13.8 Å². The van der Waals surface area contributed by atoms with Gasteiger partial charge in [0, 0.05) is 30.7 Å². The van der Waals surface area contributed by atoms with E-state index in [0.29, 0.717) is 12.1 Å². The molecule has 1 fully saturated rings. The summed E-state index contributed by atoms with van der Waals surface area (Å²) in [6.07, 6.45) is 9.29. The fourth-order valence-corrected chi connectivity index (χ4v) is 3.06. The van der Waals surface area contributed by atoms with Crippen molar-refractivity contribution in [2.75, 3.05) is 0 Å². The molecule has 2 rings (SSSR count). The summed E-state index contributed by atoms with van der Waals surface area (Å²) >= 11 is 0. The third-order valence-corrected chi connectivity index (χ3v) is 3.69. The summed E-state index contributed by atoms with van der Waals surface area (Å²) in [6, 6.07) is 0.928. The van der Waals surface area contributed by atoms with Crippen molar-refractivity contribution in [1.29, 1.82) is 0 Å². The Hall–Kier alpha value is -0.960. The number of nitrogens with one attached hydrogen (secondary N) is 1. The molecule has 0 saturated heterocycles. The quantitative estimate of drug-likeness (QED) is 0.872. The third-order valence-electron chi connectivity index (χ3n) is 3.69. The molecule has 0 radical (unpaired) electrons. The Kier molecular flexibility index (Phi) is 4.11. The topological polar surface area (TPSA) is 37.8 Å². The first kappa shape index (κ1) is 12.5. The van der Waals surface area contributed by atoms with Crippen LogP contribution in [0.2, 0.25) is 0 Å². The second-order valence-electron chi connectivity index (χ2n) is 5.63. The Morgan fingerprint density at radius 1 is 1.18 bits per heavy atom. The fourth-order valence-electron chi connectivity index (χ4n) is 3.06. The van der Waals surface area contributed by atoms with Crippen LogP contribution in [-0.2, 0) is 0 Å². The minimum Gasteiger partial charge on any atom is -0.306 e. The molecule has 1 aromatic rings. The van der Waals surface area contributed by atoms with Crippen molar-refractivity contribution in [3.8, 4) is 0 Å². The minimum atomic E-state index is 0.297. The molecule has 3 nitrogen and oxygen atoms in total. The minimum absolute atomic E-state index is 0.297. The summed E-state index contributed by atoms with van der Waals surface area (Å²) in [4.78, 5) is 8.48. The van der Waals surface area contributed by atoms with Crippen LogP contribution in [0.25, 0.3) is 0 Å². The molecular formula is C14H23N3. The molecule has 94 valence electrons. The third kappa shape index (κ3) is 3.50. The van der Waals surface area contributed by atoms with Crippen LogP contribution in [0.3, 0.4) is 0 Å². The van der Waals surface area contributed by atoms with Gasteiger partial charge in [0.2, 0.25) is 0 Å². The van der Waals surface area contributed by atoms with Crippen molar-refractivity contribution in [2.45, 2.75) is 52.1 Å². The Labute approximate surface area is 104 Å². The van der Waals surface area contributed by atoms with Gasteiger partial charge in [-0.15, -0.1) is 0 Å². The van der Waals surface area contributed by atoms with Gasteiger partial charge in [-0.25, -0.2) is 0 Å². The van der Waals surface area contributed by atoms with Gasteiger partial charge in [-0.2, -0.15) is 0 Å². The zero-order valence-corrected chi connectivity index (χ0v) is 11.1. The van der Waals surface area contributed by atoms with Crippen LogP contribution < -0.4 is 5.32 Å². The average Bonchev–Trinajstić information content (AvgIpc) is 2.28. The zero-order chi connectivity index (χ0) is 12.3. The molecule has 17 heavy (non-hydrogen) atoms. The van der Waals surface area contributed by atoms with Crippen molar-refractivity contribution in [3.05, 3.63) is 24.3 Å². The van der Waals surface area contributed by atoms with Crippen molar-refractivity contribution in [2.24, 2.45) is 11.8 Å². The molecule has 0 aliphatic heterocycles. The lowest BCUT2D eigenvalue weighted by atomic mass is 9.80. The fraction of sp³-hybridized carbons (Fsp3) is 0.714. The molecule has 0 aromatic carbocycles. The number of hydrogen-bond acceptors (Lipinski definition) is 3. The van der Waals surface area contributed by atoms with Gasteiger partial charge in [-0.3, -0.25) is 9.97 Å². The first-order valence-electron chi connectivity index (χ1n) is 6.67. The molecule has 1 aliphatic rings. The lowest BCUT2D eigenvalue weighted by Gasteiger charge is -2.33. The Bertz CT molecular complexity index is 329. The summed E-state index contributed by atoms with van der Waals surface area (Å²) in [5.41, 5.74) is 1.04. The van der Waals surface area contributed by atoms with Gasteiger partial charge in [0.05, 0.1) is 5.69 Å². The first-order chi connectivity index (χ1) is 8.15. The summed E-state index contributed by atoms with van der Waals surface area (Å²) < 4.78 is 0. The van der Waals surface area contributed by atoms with Gasteiger partial charge in [-0.05, 0) is 38.0 Å². The molecule has 1 aromatic heterocycles. The number of rotatable bonds is 3. The molecule has 3 heteroatoms. The van der Waals surface area contributed by atoms with Gasteiger partial charge in [0.25, 0.3) is 0 Å². The standard InChI is InChI=1S/C14H23N3/c1-10-6-11(2)8-13(7-10)17-12(3)14-9-15-4-5-16-14/h4-5,9-13,17H,6-8H2,1-3H3. The highest BCUT2D eigenvalue weighted by atomic mass is 15.0. The number of hydrogen-bond donors (Lipinski definition) is 1. The van der Waals surface area contributed by atoms with E-state index in [4.69, 9.17) is 0 Å². The van der Waals surface area contributed by atoms with Crippen molar-refractivity contribution in [3.63, 3.8) is 0 Å². The van der Waals surface area contributed by atoms with E-state index >= 15 is 0 Å². The van der Waals surface area contributed by atoms with E-state index in [1.807, 2.05) is 6.20 Å². The van der Waals surface area contributed by atoms with Crippen LogP contribution in [0.15, 0.2) is 18.6 Å². The lowest BCUT2D eigenvalue weighted by Crippen LogP contribution is -2.38. The summed E-state index contributed by atoms with van der Waals surface area (Å²) in [7, 11) is 0. The van der Waals surface area contributed by atoms with Crippen LogP contribution in [0.5, 0.6) is 0 Å². The molecule has 1 aliphatic carbocycles. The van der Waals surface area contributed by atoms with E-state index in [0.717, 1.165) is 17.5 Å². The number of nitrogens with zero attached hydrogens (tertiary/aromatic N) is 2. The molecule has 3 unspecified atom stereocenters. The Morgan fingerprint density at radius 2 is 1.88 bits per heavy atom. The predicted molar refractivity (Wildman–Crippen MR) is 69.5 cm³/mol. The Morgan fingerprint density at radius 3 is 2.47 bits per heavy atom. The van der Waals surface area contributed by atoms with E-state index < -0.39 is 0 Å². The second-order valence-corrected chi connectivity index (χ2v) is 5.63. The van der Waals surface area contributed by atoms with Crippen molar-refractivity contribution < 1.29 is 0 Å². The molecule has 0 amide bonds. The average molecular weight is 233 g/mol. The highest BCUT2D eigenvalue weighted by Gasteiger charge is 2.25. The maximum atomic E-state index is 4.36. The van der Waals surface area contributed by atoms with E-state index in [2.05, 4.69) is 36.1 Å². The predicted octanol–water partition coefficient (Wildman–Crippen LogP) is 2.95. The SMILES string of the molecule is CC1CC(C)CC(NC(C)c2cnccn2)C1. The molecule has 1 saturated carbocycles. The van der Waals surface area contributed by atoms with E-state index in [1.165, 1.54) is 19.3 Å². The van der Waals surface area contributed by atoms with Gasteiger partial charge in [0.15, 0.2) is 0 Å². The molecule has 3 atom stereocenters. The lowest BCUT2D eigenvalue weighted by molar-refractivity contribution is 0.227. The van der Waals surface area contributed by atoms with Crippen LogP contribution >= 0.6 is 0 Å². The van der Waals surface area contributed by atoms with Crippen LogP contribution in [0.1, 0.15) is 51.8 Å². The molecule has 0 spiro atoms. The van der Waals surface area contributed by atoms with E-state index in [9.17, 15) is 0 Å². The maximum absolute atomic E-state index is 4.36. The number of aromatic nitrogens is 2. The van der Waals surface area contributed by atoms with Crippen LogP contribution in [-0.4, -0.2) is 16.0 Å². The van der Waals surface area contributed by atoms with Gasteiger partial charge in [0.1, 0.15) is 0 Å². The molecule has 0 bridgehead atoms. The summed E-state index contributed by atoms with van der Waals surface area (Å²) in [5, 5.41) is 3.69. The molecular weight excluding hydrogens is 210 g/mol. The summed E-state index contributed by atoms with van der Waals surface area (Å²) in [5.74, 6) is 1.68. The monoisotopic (exact) mass is 233 g/mol. The maximum Gasteiger partial charge on any atom is 0.0753 e. The molecule has 1 N–H and O–H groups in total. The summed E-state index contributed by atoms with van der Waals surface area (Å²) in [6.45, 7) is 6.89. The molecule has 1 heterocycles. The zero-order valence-electron chi connectivity index (χ0n) is 11.1. The highest BCUT2D eigenvalue weighted by Crippen LogP contribution is 2.29.